The molecule has 1 rings (SSSR count). The van der Waals surface area contributed by atoms with Crippen LogP contribution in [-0.4, -0.2) is 35.5 Å². The van der Waals surface area contributed by atoms with Crippen molar-refractivity contribution in [2.75, 3.05) is 11.9 Å². The van der Waals surface area contributed by atoms with Crippen LogP contribution in [0.4, 0.5) is 0 Å². The molecule has 5 nitrogen and oxygen atoms in total. The van der Waals surface area contributed by atoms with Gasteiger partial charge in [-0.1, -0.05) is 41.9 Å². The molecular formula is C16H26BrNO4. The van der Waals surface area contributed by atoms with E-state index in [1.807, 2.05) is 0 Å². The number of ketones is 1. The number of hydrogen-bond acceptors (Lipinski definition) is 5. The lowest BCUT2D eigenvalue weighted by molar-refractivity contribution is -0.136. The normalized spacial score (nSPS) is 23.0. The van der Waals surface area contributed by atoms with E-state index in [1.54, 1.807) is 6.92 Å². The SMILES string of the molecule is CCOC(=O)/C(=N\O[C@H]1CC[C@H](C(C)(C)C)CC1)C(=O)CBr. The summed E-state index contributed by atoms with van der Waals surface area (Å²) in [6.45, 7) is 8.65. The lowest BCUT2D eigenvalue weighted by Gasteiger charge is -2.36. The van der Waals surface area contributed by atoms with Crippen molar-refractivity contribution >= 4 is 33.4 Å². The second-order valence-corrected chi connectivity index (χ2v) is 7.22. The molecule has 0 unspecified atom stereocenters. The first-order valence-corrected chi connectivity index (χ1v) is 8.91. The van der Waals surface area contributed by atoms with Crippen LogP contribution in [0, 0.1) is 11.3 Å². The molecule has 0 aromatic heterocycles. The maximum atomic E-state index is 11.7. The van der Waals surface area contributed by atoms with Gasteiger partial charge in [0.05, 0.1) is 11.9 Å². The fourth-order valence-electron chi connectivity index (χ4n) is 2.63. The summed E-state index contributed by atoms with van der Waals surface area (Å²) in [6, 6.07) is 0. The summed E-state index contributed by atoms with van der Waals surface area (Å²) in [7, 11) is 0. The summed E-state index contributed by atoms with van der Waals surface area (Å²) in [5.41, 5.74) is 0.0349. The number of Topliss-reactive ketones (excluding diaryl/α,β-unsaturated/α-hetero) is 1. The first-order chi connectivity index (χ1) is 10.3. The quantitative estimate of drug-likeness (QED) is 0.234. The fourth-order valence-corrected chi connectivity index (χ4v) is 2.89. The number of ether oxygens (including phenoxy) is 1. The zero-order chi connectivity index (χ0) is 16.8. The number of nitrogens with zero attached hydrogens (tertiary/aromatic N) is 1. The molecule has 126 valence electrons. The Labute approximate surface area is 140 Å². The Morgan fingerprint density at radius 2 is 1.77 bits per heavy atom. The van der Waals surface area contributed by atoms with Gasteiger partial charge in [-0.3, -0.25) is 4.79 Å². The molecule has 1 fully saturated rings. The number of alkyl halides is 1. The molecule has 0 aromatic rings. The Balaban J connectivity index is 2.61. The van der Waals surface area contributed by atoms with Gasteiger partial charge in [-0.05, 0) is 43.9 Å². The Bertz CT molecular complexity index is 420. The topological polar surface area (TPSA) is 65.0 Å². The van der Waals surface area contributed by atoms with E-state index in [0.29, 0.717) is 11.3 Å². The summed E-state index contributed by atoms with van der Waals surface area (Å²) in [6.07, 6.45) is 3.90. The van der Waals surface area contributed by atoms with Gasteiger partial charge in [-0.15, -0.1) is 0 Å². The minimum absolute atomic E-state index is 0.0186. The molecule has 1 aliphatic rings. The molecule has 0 spiro atoms. The Kier molecular flexibility index (Phi) is 7.53. The van der Waals surface area contributed by atoms with Crippen LogP contribution >= 0.6 is 15.9 Å². The molecule has 22 heavy (non-hydrogen) atoms. The molecule has 0 amide bonds. The lowest BCUT2D eigenvalue weighted by atomic mass is 9.72. The van der Waals surface area contributed by atoms with Crippen molar-refractivity contribution in [3.05, 3.63) is 0 Å². The second-order valence-electron chi connectivity index (χ2n) is 6.66. The molecular weight excluding hydrogens is 350 g/mol. The molecule has 0 aliphatic heterocycles. The van der Waals surface area contributed by atoms with Crippen LogP contribution in [0.2, 0.25) is 0 Å². The molecule has 0 N–H and O–H groups in total. The minimum Gasteiger partial charge on any atom is -0.461 e. The summed E-state index contributed by atoms with van der Waals surface area (Å²) < 4.78 is 4.84. The van der Waals surface area contributed by atoms with E-state index in [0.717, 1.165) is 25.7 Å². The van der Waals surface area contributed by atoms with E-state index < -0.39 is 11.8 Å². The van der Waals surface area contributed by atoms with Crippen LogP contribution in [0.15, 0.2) is 5.16 Å². The highest BCUT2D eigenvalue weighted by atomic mass is 79.9. The van der Waals surface area contributed by atoms with Gasteiger partial charge >= 0.3 is 5.97 Å². The molecule has 0 radical (unpaired) electrons. The van der Waals surface area contributed by atoms with Gasteiger partial charge in [0, 0.05) is 0 Å². The third-order valence-electron chi connectivity index (χ3n) is 4.05. The fraction of sp³-hybridized carbons (Fsp3) is 0.812. The number of hydrogen-bond donors (Lipinski definition) is 0. The Hall–Kier alpha value is -0.910. The Morgan fingerprint density at radius 1 is 1.18 bits per heavy atom. The van der Waals surface area contributed by atoms with Crippen LogP contribution in [0.5, 0.6) is 0 Å². The molecule has 0 heterocycles. The zero-order valence-corrected chi connectivity index (χ0v) is 15.4. The number of halogens is 1. The highest BCUT2D eigenvalue weighted by Crippen LogP contribution is 2.38. The maximum absolute atomic E-state index is 11.7. The summed E-state index contributed by atoms with van der Waals surface area (Å²) in [5, 5.41) is 3.81. The molecule has 1 aliphatic carbocycles. The van der Waals surface area contributed by atoms with E-state index in [1.165, 1.54) is 0 Å². The van der Waals surface area contributed by atoms with Gasteiger partial charge in [-0.25, -0.2) is 4.79 Å². The predicted molar refractivity (Wildman–Crippen MR) is 89.2 cm³/mol. The third kappa shape index (κ3) is 5.71. The average molecular weight is 376 g/mol. The van der Waals surface area contributed by atoms with Crippen molar-refractivity contribution in [1.82, 2.24) is 0 Å². The number of rotatable bonds is 6. The minimum atomic E-state index is -0.727. The third-order valence-corrected chi connectivity index (χ3v) is 4.56. The summed E-state index contributed by atoms with van der Waals surface area (Å²) in [4.78, 5) is 28.9. The van der Waals surface area contributed by atoms with E-state index >= 15 is 0 Å². The van der Waals surface area contributed by atoms with Crippen molar-refractivity contribution in [3.63, 3.8) is 0 Å². The van der Waals surface area contributed by atoms with Gasteiger partial charge in [0.2, 0.25) is 11.5 Å². The van der Waals surface area contributed by atoms with Crippen molar-refractivity contribution in [3.8, 4) is 0 Å². The molecule has 0 saturated heterocycles. The molecule has 0 bridgehead atoms. The van der Waals surface area contributed by atoms with Crippen molar-refractivity contribution in [1.29, 1.82) is 0 Å². The van der Waals surface area contributed by atoms with Gasteiger partial charge in [-0.2, -0.15) is 0 Å². The molecule has 6 heteroatoms. The average Bonchev–Trinajstić information content (AvgIpc) is 2.47. The van der Waals surface area contributed by atoms with E-state index in [2.05, 4.69) is 41.9 Å². The first kappa shape index (κ1) is 19.1. The van der Waals surface area contributed by atoms with Crippen LogP contribution in [0.25, 0.3) is 0 Å². The van der Waals surface area contributed by atoms with E-state index in [-0.39, 0.29) is 23.8 Å². The van der Waals surface area contributed by atoms with Gasteiger partial charge < -0.3 is 9.57 Å². The molecule has 0 atom stereocenters. The standard InChI is InChI=1S/C16H26BrNO4/c1-5-21-15(20)14(13(19)10-17)18-22-12-8-6-11(7-9-12)16(2,3)4/h11-12H,5-10H2,1-4H3/b18-14-/t11-,12-. The first-order valence-electron chi connectivity index (χ1n) is 7.79. The second kappa shape index (κ2) is 8.65. The number of esters is 1. The van der Waals surface area contributed by atoms with Crippen LogP contribution in [-0.2, 0) is 19.2 Å². The highest BCUT2D eigenvalue weighted by Gasteiger charge is 2.31. The van der Waals surface area contributed by atoms with Gasteiger partial charge in [0.15, 0.2) is 0 Å². The van der Waals surface area contributed by atoms with Crippen LogP contribution in [0.3, 0.4) is 0 Å². The van der Waals surface area contributed by atoms with Crippen molar-refractivity contribution < 1.29 is 19.2 Å². The predicted octanol–water partition coefficient (Wildman–Crippen LogP) is 3.49. The number of oxime groups is 1. The van der Waals surface area contributed by atoms with Gasteiger partial charge in [0.1, 0.15) is 6.10 Å². The summed E-state index contributed by atoms with van der Waals surface area (Å²) >= 11 is 3.04. The Morgan fingerprint density at radius 3 is 2.23 bits per heavy atom. The lowest BCUT2D eigenvalue weighted by Crippen LogP contribution is -2.30. The van der Waals surface area contributed by atoms with Crippen molar-refractivity contribution in [2.24, 2.45) is 16.5 Å². The highest BCUT2D eigenvalue weighted by molar-refractivity contribution is 9.09. The smallest absolute Gasteiger partial charge is 0.364 e. The van der Waals surface area contributed by atoms with Gasteiger partial charge in [0.25, 0.3) is 0 Å². The van der Waals surface area contributed by atoms with Crippen molar-refractivity contribution in [2.45, 2.75) is 59.5 Å². The van der Waals surface area contributed by atoms with E-state index in [9.17, 15) is 9.59 Å². The molecule has 0 aromatic carbocycles. The molecule has 1 saturated carbocycles. The maximum Gasteiger partial charge on any atom is 0.364 e. The summed E-state index contributed by atoms with van der Waals surface area (Å²) in [5.74, 6) is -0.484. The van der Waals surface area contributed by atoms with Crippen LogP contribution in [0.1, 0.15) is 53.4 Å². The van der Waals surface area contributed by atoms with E-state index in [4.69, 9.17) is 9.57 Å². The number of carbonyl (C=O) groups excluding carboxylic acids is 2. The zero-order valence-electron chi connectivity index (χ0n) is 13.9. The van der Waals surface area contributed by atoms with Crippen LogP contribution < -0.4 is 0 Å². The monoisotopic (exact) mass is 375 g/mol. The number of carbonyl (C=O) groups is 2. The largest absolute Gasteiger partial charge is 0.461 e.